The van der Waals surface area contributed by atoms with Gasteiger partial charge in [-0.15, -0.1) is 0 Å². The minimum Gasteiger partial charge on any atom is -0.497 e. The van der Waals surface area contributed by atoms with Crippen molar-refractivity contribution >= 4 is 32.4 Å². The number of hydrogen-bond donors (Lipinski definition) is 2. The zero-order valence-corrected chi connectivity index (χ0v) is 15.8. The van der Waals surface area contributed by atoms with Crippen LogP contribution in [-0.4, -0.2) is 21.4 Å². The topological polar surface area (TPSA) is 98.5 Å². The summed E-state index contributed by atoms with van der Waals surface area (Å²) in [7, 11) is -2.13. The molecular formula is C20H20N2O4S. The summed E-state index contributed by atoms with van der Waals surface area (Å²) in [5.41, 5.74) is 1.39. The summed E-state index contributed by atoms with van der Waals surface area (Å²) in [5, 5.41) is 9.91. The number of fused-ring (bicyclic) bond motifs is 1. The van der Waals surface area contributed by atoms with Gasteiger partial charge in [-0.25, -0.2) is 13.6 Å². The third kappa shape index (κ3) is 4.27. The maximum absolute atomic E-state index is 12.6. The molecule has 3 aromatic carbocycles. The van der Waals surface area contributed by atoms with E-state index in [2.05, 4.69) is 5.32 Å². The number of sulfonamides is 1. The Morgan fingerprint density at radius 2 is 1.63 bits per heavy atom. The van der Waals surface area contributed by atoms with Gasteiger partial charge in [0.05, 0.1) is 17.9 Å². The van der Waals surface area contributed by atoms with E-state index in [9.17, 15) is 13.2 Å². The molecule has 140 valence electrons. The van der Waals surface area contributed by atoms with Crippen LogP contribution >= 0.6 is 0 Å². The average molecular weight is 384 g/mol. The number of nitrogens with two attached hydrogens (primary N) is 1. The third-order valence-electron chi connectivity index (χ3n) is 4.42. The molecule has 0 aliphatic carbocycles. The Hall–Kier alpha value is -2.90. The van der Waals surface area contributed by atoms with E-state index in [1.165, 1.54) is 24.3 Å². The van der Waals surface area contributed by atoms with E-state index in [-0.39, 0.29) is 16.7 Å². The van der Waals surface area contributed by atoms with Crippen molar-refractivity contribution < 1.29 is 17.9 Å². The third-order valence-corrected chi connectivity index (χ3v) is 5.34. The van der Waals surface area contributed by atoms with Crippen molar-refractivity contribution in [2.75, 3.05) is 12.4 Å². The molecule has 1 amide bonds. The van der Waals surface area contributed by atoms with Crippen LogP contribution in [0.25, 0.3) is 10.8 Å². The van der Waals surface area contributed by atoms with Crippen LogP contribution in [-0.2, 0) is 14.8 Å². The smallest absolute Gasteiger partial charge is 0.238 e. The van der Waals surface area contributed by atoms with Gasteiger partial charge in [0, 0.05) is 5.69 Å². The van der Waals surface area contributed by atoms with Crippen molar-refractivity contribution in [2.45, 2.75) is 17.7 Å². The van der Waals surface area contributed by atoms with Crippen LogP contribution in [0.15, 0.2) is 65.6 Å². The molecule has 0 fully saturated rings. The first-order valence-electron chi connectivity index (χ1n) is 8.29. The van der Waals surface area contributed by atoms with Crippen LogP contribution in [0.1, 0.15) is 18.4 Å². The molecule has 6 nitrogen and oxygen atoms in total. The Balaban J connectivity index is 1.77. The molecule has 0 radical (unpaired) electrons. The van der Waals surface area contributed by atoms with E-state index in [1.54, 1.807) is 7.11 Å². The number of rotatable bonds is 5. The Labute approximate surface area is 158 Å². The fourth-order valence-corrected chi connectivity index (χ4v) is 3.28. The Morgan fingerprint density at radius 3 is 2.26 bits per heavy atom. The van der Waals surface area contributed by atoms with E-state index in [0.717, 1.165) is 22.1 Å². The Bertz CT molecular complexity index is 1090. The van der Waals surface area contributed by atoms with Crippen LogP contribution in [0.5, 0.6) is 5.75 Å². The van der Waals surface area contributed by atoms with Gasteiger partial charge in [-0.2, -0.15) is 0 Å². The molecule has 0 aromatic heterocycles. The van der Waals surface area contributed by atoms with Crippen LogP contribution in [0, 0.1) is 0 Å². The first kappa shape index (κ1) is 18.9. The number of methoxy groups -OCH3 is 1. The molecule has 0 saturated carbocycles. The summed E-state index contributed by atoms with van der Waals surface area (Å²) in [6, 6.07) is 17.4. The Morgan fingerprint density at radius 1 is 1.00 bits per heavy atom. The fourth-order valence-electron chi connectivity index (χ4n) is 2.77. The lowest BCUT2D eigenvalue weighted by molar-refractivity contribution is -0.117. The monoisotopic (exact) mass is 384 g/mol. The van der Waals surface area contributed by atoms with Gasteiger partial charge in [-0.05, 0) is 59.7 Å². The predicted molar refractivity (Wildman–Crippen MR) is 105 cm³/mol. The molecule has 0 aliphatic heterocycles. The second-order valence-electron chi connectivity index (χ2n) is 6.25. The van der Waals surface area contributed by atoms with Gasteiger partial charge in [-0.1, -0.05) is 24.3 Å². The quantitative estimate of drug-likeness (QED) is 0.705. The number of anilines is 1. The van der Waals surface area contributed by atoms with E-state index in [0.29, 0.717) is 5.69 Å². The Kier molecular flexibility index (Phi) is 5.16. The first-order chi connectivity index (χ1) is 12.8. The van der Waals surface area contributed by atoms with Gasteiger partial charge < -0.3 is 10.1 Å². The molecule has 0 heterocycles. The summed E-state index contributed by atoms with van der Waals surface area (Å²) in [5.74, 6) is 0.213. The largest absolute Gasteiger partial charge is 0.497 e. The molecule has 1 unspecified atom stereocenters. The number of primary sulfonamides is 1. The molecular weight excluding hydrogens is 364 g/mol. The number of carbonyl (C=O) groups is 1. The van der Waals surface area contributed by atoms with Crippen molar-refractivity contribution in [3.8, 4) is 5.75 Å². The summed E-state index contributed by atoms with van der Waals surface area (Å²) < 4.78 is 27.8. The molecule has 3 aromatic rings. The zero-order chi connectivity index (χ0) is 19.6. The summed E-state index contributed by atoms with van der Waals surface area (Å²) in [4.78, 5) is 12.6. The first-order valence-corrected chi connectivity index (χ1v) is 9.84. The van der Waals surface area contributed by atoms with E-state index >= 15 is 0 Å². The highest BCUT2D eigenvalue weighted by atomic mass is 32.2. The van der Waals surface area contributed by atoms with Gasteiger partial charge >= 0.3 is 0 Å². The number of hydrogen-bond acceptors (Lipinski definition) is 4. The zero-order valence-electron chi connectivity index (χ0n) is 15.0. The summed E-state index contributed by atoms with van der Waals surface area (Å²) in [6.45, 7) is 1.82. The molecule has 0 aliphatic rings. The van der Waals surface area contributed by atoms with Crippen LogP contribution in [0.2, 0.25) is 0 Å². The lowest BCUT2D eigenvalue weighted by Crippen LogP contribution is -2.19. The maximum Gasteiger partial charge on any atom is 0.238 e. The molecule has 0 spiro atoms. The van der Waals surface area contributed by atoms with Crippen molar-refractivity contribution in [3.05, 3.63) is 66.2 Å². The SMILES string of the molecule is COc1ccc2cc(C(C)C(=O)Nc3ccc(S(N)(=O)=O)cc3)ccc2c1. The highest BCUT2D eigenvalue weighted by molar-refractivity contribution is 7.89. The van der Waals surface area contributed by atoms with Crippen molar-refractivity contribution in [3.63, 3.8) is 0 Å². The second kappa shape index (κ2) is 7.38. The lowest BCUT2D eigenvalue weighted by atomic mass is 9.97. The minimum atomic E-state index is -3.75. The maximum atomic E-state index is 12.6. The average Bonchev–Trinajstić information content (AvgIpc) is 2.66. The lowest BCUT2D eigenvalue weighted by Gasteiger charge is -2.14. The molecule has 7 heteroatoms. The highest BCUT2D eigenvalue weighted by Gasteiger charge is 2.16. The summed E-state index contributed by atoms with van der Waals surface area (Å²) in [6.07, 6.45) is 0. The van der Waals surface area contributed by atoms with Crippen molar-refractivity contribution in [1.29, 1.82) is 0 Å². The van der Waals surface area contributed by atoms with Gasteiger partial charge in [0.25, 0.3) is 0 Å². The normalized spacial score (nSPS) is 12.6. The van der Waals surface area contributed by atoms with Gasteiger partial charge in [0.15, 0.2) is 0 Å². The second-order valence-corrected chi connectivity index (χ2v) is 7.81. The van der Waals surface area contributed by atoms with Crippen LogP contribution in [0.4, 0.5) is 5.69 Å². The van der Waals surface area contributed by atoms with Crippen molar-refractivity contribution in [1.82, 2.24) is 0 Å². The minimum absolute atomic E-state index is 0.00138. The molecule has 0 saturated heterocycles. The number of nitrogens with one attached hydrogen (secondary N) is 1. The molecule has 0 bridgehead atoms. The van der Waals surface area contributed by atoms with Gasteiger partial charge in [0.2, 0.25) is 15.9 Å². The molecule has 1 atom stereocenters. The van der Waals surface area contributed by atoms with Crippen molar-refractivity contribution in [2.24, 2.45) is 5.14 Å². The van der Waals surface area contributed by atoms with Gasteiger partial charge in [-0.3, -0.25) is 4.79 Å². The molecule has 27 heavy (non-hydrogen) atoms. The highest BCUT2D eigenvalue weighted by Crippen LogP contribution is 2.26. The predicted octanol–water partition coefficient (Wildman–Crippen LogP) is 3.24. The number of benzene rings is 3. The number of amides is 1. The van der Waals surface area contributed by atoms with E-state index in [1.807, 2.05) is 43.3 Å². The summed E-state index contributed by atoms with van der Waals surface area (Å²) >= 11 is 0. The molecule has 3 N–H and O–H groups in total. The number of carbonyl (C=O) groups excluding carboxylic acids is 1. The van der Waals surface area contributed by atoms with Crippen LogP contribution in [0.3, 0.4) is 0 Å². The van der Waals surface area contributed by atoms with Gasteiger partial charge in [0.1, 0.15) is 5.75 Å². The van der Waals surface area contributed by atoms with E-state index in [4.69, 9.17) is 9.88 Å². The molecule has 3 rings (SSSR count). The standard InChI is InChI=1S/C20H20N2O4S/c1-13(14-3-4-16-12-18(26-2)8-5-15(16)11-14)20(23)22-17-6-9-19(10-7-17)27(21,24)25/h3-13H,1-2H3,(H,22,23)(H2,21,24,25). The fraction of sp³-hybridized carbons (Fsp3) is 0.150. The number of ether oxygens (including phenoxy) is 1. The van der Waals surface area contributed by atoms with Crippen LogP contribution < -0.4 is 15.2 Å². The van der Waals surface area contributed by atoms with E-state index < -0.39 is 10.0 Å².